The zero-order valence-electron chi connectivity index (χ0n) is 17.4. The van der Waals surface area contributed by atoms with Crippen molar-refractivity contribution in [2.24, 2.45) is 0 Å². The highest BCUT2D eigenvalue weighted by Crippen LogP contribution is 2.41. The molecule has 0 aliphatic carbocycles. The van der Waals surface area contributed by atoms with Crippen molar-refractivity contribution in [3.8, 4) is 5.75 Å². The number of anilines is 1. The van der Waals surface area contributed by atoms with Crippen molar-refractivity contribution in [3.05, 3.63) is 59.7 Å². The summed E-state index contributed by atoms with van der Waals surface area (Å²) in [5.74, 6) is -1.42. The van der Waals surface area contributed by atoms with Gasteiger partial charge in [0.05, 0.1) is 30.9 Å². The molecular weight excluding hydrogens is 400 g/mol. The van der Waals surface area contributed by atoms with Crippen molar-refractivity contribution in [1.29, 1.82) is 0 Å². The van der Waals surface area contributed by atoms with Crippen molar-refractivity contribution in [3.63, 3.8) is 0 Å². The van der Waals surface area contributed by atoms with Gasteiger partial charge in [0.15, 0.2) is 5.79 Å². The van der Waals surface area contributed by atoms with E-state index in [1.54, 1.807) is 74.4 Å². The maximum absolute atomic E-state index is 13.3. The molecule has 2 aromatic rings. The Morgan fingerprint density at radius 1 is 0.935 bits per heavy atom. The molecular formula is C23H22N2O6. The summed E-state index contributed by atoms with van der Waals surface area (Å²) in [6, 6.07) is 12.1. The van der Waals surface area contributed by atoms with Crippen LogP contribution in [0, 0.1) is 0 Å². The highest BCUT2D eigenvalue weighted by molar-refractivity contribution is 6.24. The van der Waals surface area contributed by atoms with Crippen LogP contribution >= 0.6 is 0 Å². The molecule has 3 aliphatic heterocycles. The molecule has 3 aliphatic rings. The van der Waals surface area contributed by atoms with Crippen molar-refractivity contribution in [1.82, 2.24) is 4.90 Å². The minimum atomic E-state index is -0.961. The van der Waals surface area contributed by atoms with Crippen LogP contribution in [0.2, 0.25) is 0 Å². The Hall–Kier alpha value is -3.23. The standard InChI is InChI=1S/C23H22N2O6/c1-23(2)30-12-17(31-23)18-19(22(28)24(18)13-8-10-14(29-3)11-9-13)25-20(26)15-6-4-5-7-16(15)21(25)27/h4-11,17-19H,12H2,1-3H3/t17?,18-,19+/m1/s1. The summed E-state index contributed by atoms with van der Waals surface area (Å²) in [6.07, 6.45) is -0.496. The Kier molecular flexibility index (Phi) is 4.39. The third-order valence-electron chi connectivity index (χ3n) is 5.98. The highest BCUT2D eigenvalue weighted by Gasteiger charge is 2.61. The molecule has 160 valence electrons. The van der Waals surface area contributed by atoms with Crippen LogP contribution in [0.25, 0.3) is 0 Å². The Labute approximate surface area is 179 Å². The number of β-lactam (4-membered cyclic amide) rings is 1. The van der Waals surface area contributed by atoms with Crippen LogP contribution in [0.5, 0.6) is 5.75 Å². The lowest BCUT2D eigenvalue weighted by atomic mass is 9.87. The summed E-state index contributed by atoms with van der Waals surface area (Å²) in [5, 5.41) is 0. The average molecular weight is 422 g/mol. The van der Waals surface area contributed by atoms with Crippen molar-refractivity contribution in [2.75, 3.05) is 18.6 Å². The largest absolute Gasteiger partial charge is 0.497 e. The topological polar surface area (TPSA) is 85.4 Å². The van der Waals surface area contributed by atoms with Crippen molar-refractivity contribution >= 4 is 23.4 Å². The highest BCUT2D eigenvalue weighted by atomic mass is 16.7. The average Bonchev–Trinajstić information content (AvgIpc) is 3.24. The Morgan fingerprint density at radius 3 is 2.06 bits per heavy atom. The minimum Gasteiger partial charge on any atom is -0.497 e. The van der Waals surface area contributed by atoms with E-state index in [1.165, 1.54) is 0 Å². The monoisotopic (exact) mass is 422 g/mol. The number of rotatable bonds is 4. The lowest BCUT2D eigenvalue weighted by molar-refractivity contribution is -0.152. The normalized spacial score (nSPS) is 26.8. The van der Waals surface area contributed by atoms with E-state index in [0.717, 1.165) is 4.90 Å². The van der Waals surface area contributed by atoms with Crippen LogP contribution in [0.3, 0.4) is 0 Å². The Morgan fingerprint density at radius 2 is 1.55 bits per heavy atom. The van der Waals surface area contributed by atoms with E-state index in [1.807, 2.05) is 0 Å². The number of ether oxygens (including phenoxy) is 3. The third-order valence-corrected chi connectivity index (χ3v) is 5.98. The lowest BCUT2D eigenvalue weighted by Crippen LogP contribution is -2.75. The maximum atomic E-state index is 13.3. The van der Waals surface area contributed by atoms with Crippen LogP contribution in [-0.4, -0.2) is 60.3 Å². The van der Waals surface area contributed by atoms with Crippen molar-refractivity contribution in [2.45, 2.75) is 37.8 Å². The molecule has 31 heavy (non-hydrogen) atoms. The number of fused-ring (bicyclic) bond motifs is 1. The molecule has 3 atom stereocenters. The van der Waals surface area contributed by atoms with Gasteiger partial charge in [-0.1, -0.05) is 12.1 Å². The first-order valence-corrected chi connectivity index (χ1v) is 10.1. The molecule has 2 aromatic carbocycles. The zero-order chi connectivity index (χ0) is 21.9. The van der Waals surface area contributed by atoms with Crippen LogP contribution in [0.4, 0.5) is 5.69 Å². The minimum absolute atomic E-state index is 0.247. The molecule has 5 rings (SSSR count). The van der Waals surface area contributed by atoms with Crippen LogP contribution in [0.15, 0.2) is 48.5 Å². The first-order chi connectivity index (χ1) is 14.8. The van der Waals surface area contributed by atoms with Gasteiger partial charge < -0.3 is 19.1 Å². The fourth-order valence-electron chi connectivity index (χ4n) is 4.51. The van der Waals surface area contributed by atoms with Gasteiger partial charge >= 0.3 is 0 Å². The summed E-state index contributed by atoms with van der Waals surface area (Å²) in [7, 11) is 1.57. The first-order valence-electron chi connectivity index (χ1n) is 10.1. The van der Waals surface area contributed by atoms with Gasteiger partial charge in [-0.25, -0.2) is 0 Å². The second-order valence-electron chi connectivity index (χ2n) is 8.23. The number of carbonyl (C=O) groups is 3. The van der Waals surface area contributed by atoms with Gasteiger partial charge in [-0.2, -0.15) is 0 Å². The van der Waals surface area contributed by atoms with E-state index in [0.29, 0.717) is 22.6 Å². The van der Waals surface area contributed by atoms with Gasteiger partial charge in [-0.3, -0.25) is 19.3 Å². The summed E-state index contributed by atoms with van der Waals surface area (Å²) in [6.45, 7) is 3.84. The van der Waals surface area contributed by atoms with E-state index in [2.05, 4.69) is 0 Å². The summed E-state index contributed by atoms with van der Waals surface area (Å²) in [5.41, 5.74) is 1.26. The SMILES string of the molecule is COc1ccc(N2C(=O)[C@@H](N3C(=O)c4ccccc4C3=O)[C@H]2C2COC(C)(C)O2)cc1. The third kappa shape index (κ3) is 2.94. The number of hydrogen-bond acceptors (Lipinski definition) is 6. The first kappa shape index (κ1) is 19.7. The predicted molar refractivity (Wildman–Crippen MR) is 110 cm³/mol. The van der Waals surface area contributed by atoms with Gasteiger partial charge in [0.25, 0.3) is 17.7 Å². The van der Waals surface area contributed by atoms with Crippen LogP contribution < -0.4 is 9.64 Å². The molecule has 2 saturated heterocycles. The smallest absolute Gasteiger partial charge is 0.262 e. The van der Waals surface area contributed by atoms with Gasteiger partial charge in [0.2, 0.25) is 0 Å². The molecule has 0 radical (unpaired) electrons. The van der Waals surface area contributed by atoms with Gasteiger partial charge in [0.1, 0.15) is 17.9 Å². The number of carbonyl (C=O) groups excluding carboxylic acids is 3. The Bertz CT molecular complexity index is 1040. The number of benzene rings is 2. The van der Waals surface area contributed by atoms with E-state index in [4.69, 9.17) is 14.2 Å². The molecule has 8 nitrogen and oxygen atoms in total. The molecule has 0 aromatic heterocycles. The summed E-state index contributed by atoms with van der Waals surface area (Å²) in [4.78, 5) is 42.1. The fourth-order valence-corrected chi connectivity index (χ4v) is 4.51. The second kappa shape index (κ2) is 6.90. The number of amides is 3. The van der Waals surface area contributed by atoms with E-state index < -0.39 is 35.8 Å². The number of imide groups is 1. The fraction of sp³-hybridized carbons (Fsp3) is 0.348. The molecule has 0 spiro atoms. The zero-order valence-corrected chi connectivity index (χ0v) is 17.4. The molecule has 0 N–H and O–H groups in total. The van der Waals surface area contributed by atoms with Crippen LogP contribution in [-0.2, 0) is 14.3 Å². The molecule has 1 unspecified atom stereocenters. The molecule has 8 heteroatoms. The lowest BCUT2D eigenvalue weighted by Gasteiger charge is -2.51. The van der Waals surface area contributed by atoms with E-state index >= 15 is 0 Å². The van der Waals surface area contributed by atoms with Gasteiger partial charge in [-0.05, 0) is 50.2 Å². The summed E-state index contributed by atoms with van der Waals surface area (Å²) >= 11 is 0. The Balaban J connectivity index is 1.52. The number of nitrogens with zero attached hydrogens (tertiary/aromatic N) is 2. The molecule has 0 bridgehead atoms. The van der Waals surface area contributed by atoms with E-state index in [-0.39, 0.29) is 12.5 Å². The second-order valence-corrected chi connectivity index (χ2v) is 8.23. The number of methoxy groups -OCH3 is 1. The molecule has 3 amide bonds. The van der Waals surface area contributed by atoms with Crippen LogP contribution in [0.1, 0.15) is 34.6 Å². The maximum Gasteiger partial charge on any atom is 0.262 e. The quantitative estimate of drug-likeness (QED) is 0.555. The van der Waals surface area contributed by atoms with Gasteiger partial charge in [0, 0.05) is 5.69 Å². The summed E-state index contributed by atoms with van der Waals surface area (Å²) < 4.78 is 17.0. The predicted octanol–water partition coefficient (Wildman–Crippen LogP) is 2.23. The number of hydrogen-bond donors (Lipinski definition) is 0. The molecule has 2 fully saturated rings. The van der Waals surface area contributed by atoms with E-state index in [9.17, 15) is 14.4 Å². The van der Waals surface area contributed by atoms with Crippen molar-refractivity contribution < 1.29 is 28.6 Å². The van der Waals surface area contributed by atoms with Gasteiger partial charge in [-0.15, -0.1) is 0 Å². The molecule has 0 saturated carbocycles. The molecule has 3 heterocycles.